The van der Waals surface area contributed by atoms with Gasteiger partial charge in [-0.15, -0.1) is 0 Å². The van der Waals surface area contributed by atoms with Crippen LogP contribution in [0.25, 0.3) is 0 Å². The van der Waals surface area contributed by atoms with Crippen molar-refractivity contribution in [2.45, 2.75) is 43.0 Å². The molecule has 0 spiro atoms. The van der Waals surface area contributed by atoms with Gasteiger partial charge in [0, 0.05) is 13.1 Å². The second-order valence-corrected chi connectivity index (χ2v) is 9.32. The zero-order valence-electron chi connectivity index (χ0n) is 18.0. The number of hydrogen-bond donors (Lipinski definition) is 1. The molecule has 0 unspecified atom stereocenters. The van der Waals surface area contributed by atoms with Crippen LogP contribution in [-0.2, 0) is 14.8 Å². The molecule has 1 fully saturated rings. The maximum absolute atomic E-state index is 13.0. The summed E-state index contributed by atoms with van der Waals surface area (Å²) in [6, 6.07) is 12.4. The van der Waals surface area contributed by atoms with Crippen LogP contribution in [-0.4, -0.2) is 51.5 Å². The molecule has 3 rings (SSSR count). The third-order valence-electron chi connectivity index (χ3n) is 5.56. The minimum Gasteiger partial charge on any atom is -0.490 e. The second kappa shape index (κ2) is 10.6. The first-order chi connectivity index (χ1) is 15.3. The van der Waals surface area contributed by atoms with E-state index in [0.29, 0.717) is 11.3 Å². The molecule has 2 aromatic carbocycles. The highest BCUT2D eigenvalue weighted by Gasteiger charge is 2.26. The average Bonchev–Trinajstić information content (AvgIpc) is 2.81. The number of rotatable bonds is 8. The van der Waals surface area contributed by atoms with Crippen LogP contribution >= 0.6 is 0 Å². The number of nitrogens with two attached hydrogens (primary N) is 1. The summed E-state index contributed by atoms with van der Waals surface area (Å²) < 4.78 is 33.3. The number of carbonyl (C=O) groups excluding carboxylic acids is 2. The Hall–Kier alpha value is -2.91. The van der Waals surface area contributed by atoms with Crippen molar-refractivity contribution in [3.63, 3.8) is 0 Å². The molecule has 32 heavy (non-hydrogen) atoms. The normalized spacial score (nSPS) is 14.6. The molecule has 0 radical (unpaired) electrons. The van der Waals surface area contributed by atoms with Gasteiger partial charge in [0.15, 0.2) is 0 Å². The number of hydrogen-bond acceptors (Lipinski definition) is 6. The number of amides is 1. The number of nitrogens with zero attached hydrogens (tertiary/aromatic N) is 1. The molecule has 1 aliphatic carbocycles. The van der Waals surface area contributed by atoms with E-state index in [1.165, 1.54) is 30.7 Å². The Balaban J connectivity index is 1.56. The van der Waals surface area contributed by atoms with Crippen molar-refractivity contribution in [2.75, 3.05) is 20.3 Å². The lowest BCUT2D eigenvalue weighted by atomic mass is 9.94. The standard InChI is InChI=1S/C23H28N2O6S/c1-25(17-7-3-2-4-8-17)22(26)20-9-5-6-10-21(20)23(27)31-16-15-30-18-11-13-19(14-12-18)32(24,28)29/h5-6,9-14,17H,2-4,7-8,15-16H2,1H3,(H2,24,28,29). The lowest BCUT2D eigenvalue weighted by Crippen LogP contribution is -2.39. The van der Waals surface area contributed by atoms with E-state index in [4.69, 9.17) is 14.6 Å². The van der Waals surface area contributed by atoms with Crippen molar-refractivity contribution in [1.82, 2.24) is 4.90 Å². The molecular formula is C23H28N2O6S. The Morgan fingerprint density at radius 1 is 0.969 bits per heavy atom. The van der Waals surface area contributed by atoms with Crippen molar-refractivity contribution in [2.24, 2.45) is 5.14 Å². The predicted octanol–water partition coefficient (Wildman–Crippen LogP) is 2.97. The van der Waals surface area contributed by atoms with E-state index in [1.807, 2.05) is 0 Å². The van der Waals surface area contributed by atoms with Gasteiger partial charge in [0.25, 0.3) is 5.91 Å². The predicted molar refractivity (Wildman–Crippen MR) is 119 cm³/mol. The highest BCUT2D eigenvalue weighted by atomic mass is 32.2. The average molecular weight is 461 g/mol. The Bertz CT molecular complexity index is 1050. The van der Waals surface area contributed by atoms with Crippen LogP contribution in [0.1, 0.15) is 52.8 Å². The summed E-state index contributed by atoms with van der Waals surface area (Å²) >= 11 is 0. The molecular weight excluding hydrogens is 432 g/mol. The van der Waals surface area contributed by atoms with E-state index in [2.05, 4.69) is 0 Å². The molecule has 2 aromatic rings. The van der Waals surface area contributed by atoms with E-state index < -0.39 is 16.0 Å². The van der Waals surface area contributed by atoms with Crippen LogP contribution in [0.2, 0.25) is 0 Å². The second-order valence-electron chi connectivity index (χ2n) is 7.75. The number of carbonyl (C=O) groups is 2. The molecule has 0 heterocycles. The number of esters is 1. The van der Waals surface area contributed by atoms with Gasteiger partial charge in [0.05, 0.1) is 16.0 Å². The largest absolute Gasteiger partial charge is 0.490 e. The van der Waals surface area contributed by atoms with Crippen LogP contribution in [0.5, 0.6) is 5.75 Å². The first kappa shape index (κ1) is 23.7. The number of ether oxygens (including phenoxy) is 2. The Morgan fingerprint density at radius 2 is 1.59 bits per heavy atom. The first-order valence-corrected chi connectivity index (χ1v) is 12.1. The van der Waals surface area contributed by atoms with E-state index in [9.17, 15) is 18.0 Å². The van der Waals surface area contributed by atoms with E-state index in [1.54, 1.807) is 36.2 Å². The van der Waals surface area contributed by atoms with Gasteiger partial charge in [0.1, 0.15) is 19.0 Å². The molecule has 9 heteroatoms. The molecule has 0 aromatic heterocycles. The molecule has 0 aliphatic heterocycles. The van der Waals surface area contributed by atoms with Crippen molar-refractivity contribution in [3.8, 4) is 5.75 Å². The van der Waals surface area contributed by atoms with Gasteiger partial charge in [0.2, 0.25) is 10.0 Å². The monoisotopic (exact) mass is 460 g/mol. The number of sulfonamides is 1. The highest BCUT2D eigenvalue weighted by Crippen LogP contribution is 2.24. The smallest absolute Gasteiger partial charge is 0.339 e. The molecule has 0 bridgehead atoms. The number of primary sulfonamides is 1. The van der Waals surface area contributed by atoms with Crippen molar-refractivity contribution in [3.05, 3.63) is 59.7 Å². The van der Waals surface area contributed by atoms with Gasteiger partial charge < -0.3 is 14.4 Å². The zero-order chi connectivity index (χ0) is 23.1. The number of benzene rings is 2. The van der Waals surface area contributed by atoms with Crippen molar-refractivity contribution < 1.29 is 27.5 Å². The van der Waals surface area contributed by atoms with E-state index in [-0.39, 0.29) is 35.6 Å². The molecule has 8 nitrogen and oxygen atoms in total. The summed E-state index contributed by atoms with van der Waals surface area (Å²) in [5.41, 5.74) is 0.544. The van der Waals surface area contributed by atoms with Crippen LogP contribution in [0.3, 0.4) is 0 Å². The van der Waals surface area contributed by atoms with Crippen molar-refractivity contribution in [1.29, 1.82) is 0 Å². The van der Waals surface area contributed by atoms with Gasteiger partial charge >= 0.3 is 5.97 Å². The third-order valence-corrected chi connectivity index (χ3v) is 6.49. The van der Waals surface area contributed by atoms with Gasteiger partial charge in [-0.25, -0.2) is 18.4 Å². The summed E-state index contributed by atoms with van der Waals surface area (Å²) in [7, 11) is -1.98. The van der Waals surface area contributed by atoms with Gasteiger partial charge in [-0.05, 0) is 49.2 Å². The van der Waals surface area contributed by atoms with Crippen LogP contribution < -0.4 is 9.88 Å². The van der Waals surface area contributed by atoms with E-state index >= 15 is 0 Å². The Morgan fingerprint density at radius 3 is 2.22 bits per heavy atom. The van der Waals surface area contributed by atoms with Crippen molar-refractivity contribution >= 4 is 21.9 Å². The lowest BCUT2D eigenvalue weighted by molar-refractivity contribution is 0.0443. The molecule has 1 amide bonds. The summed E-state index contributed by atoms with van der Waals surface area (Å²) in [5, 5.41) is 5.06. The SMILES string of the molecule is CN(C(=O)c1ccccc1C(=O)OCCOc1ccc(S(N)(=O)=O)cc1)C1CCCCC1. The maximum atomic E-state index is 13.0. The summed E-state index contributed by atoms with van der Waals surface area (Å²) in [6.07, 6.45) is 5.36. The minimum atomic E-state index is -3.77. The zero-order valence-corrected chi connectivity index (χ0v) is 18.8. The van der Waals surface area contributed by atoms with Gasteiger partial charge in [-0.1, -0.05) is 31.4 Å². The molecule has 1 aliphatic rings. The summed E-state index contributed by atoms with van der Waals surface area (Å²) in [5.74, 6) is -0.368. The first-order valence-electron chi connectivity index (χ1n) is 10.6. The fraction of sp³-hybridized carbons (Fsp3) is 0.391. The maximum Gasteiger partial charge on any atom is 0.339 e. The van der Waals surface area contributed by atoms with Crippen LogP contribution in [0.15, 0.2) is 53.4 Å². The molecule has 1 saturated carbocycles. The molecule has 172 valence electrons. The van der Waals surface area contributed by atoms with Crippen LogP contribution in [0.4, 0.5) is 0 Å². The van der Waals surface area contributed by atoms with Crippen LogP contribution in [0, 0.1) is 0 Å². The molecule has 0 saturated heterocycles. The summed E-state index contributed by atoms with van der Waals surface area (Å²) in [6.45, 7) is 0.0370. The highest BCUT2D eigenvalue weighted by molar-refractivity contribution is 7.89. The van der Waals surface area contributed by atoms with Gasteiger partial charge in [-0.2, -0.15) is 0 Å². The topological polar surface area (TPSA) is 116 Å². The molecule has 2 N–H and O–H groups in total. The lowest BCUT2D eigenvalue weighted by Gasteiger charge is -2.31. The minimum absolute atomic E-state index is 0.0178. The third kappa shape index (κ3) is 6.08. The Labute approximate surface area is 188 Å². The fourth-order valence-electron chi connectivity index (χ4n) is 3.77. The molecule has 0 atom stereocenters. The van der Waals surface area contributed by atoms with Gasteiger partial charge in [-0.3, -0.25) is 4.79 Å². The quantitative estimate of drug-likeness (QED) is 0.478. The Kier molecular flexibility index (Phi) is 7.87. The van der Waals surface area contributed by atoms with E-state index in [0.717, 1.165) is 25.7 Å². The summed E-state index contributed by atoms with van der Waals surface area (Å²) in [4.78, 5) is 27.3. The fourth-order valence-corrected chi connectivity index (χ4v) is 4.28.